The molecule has 18 heavy (non-hydrogen) atoms. The first kappa shape index (κ1) is 13.4. The zero-order valence-corrected chi connectivity index (χ0v) is 11.1. The topological polar surface area (TPSA) is 46.2 Å². The van der Waals surface area contributed by atoms with E-state index < -0.39 is 12.1 Å². The SMILES string of the molecule is NC(c1ccccc1)C(O)c1c(Cl)cccc1Cl. The third-order valence-corrected chi connectivity index (χ3v) is 3.48. The molecular formula is C14H13Cl2NO. The highest BCUT2D eigenvalue weighted by Gasteiger charge is 2.23. The van der Waals surface area contributed by atoms with Crippen molar-refractivity contribution in [3.05, 3.63) is 69.7 Å². The summed E-state index contributed by atoms with van der Waals surface area (Å²) < 4.78 is 0. The van der Waals surface area contributed by atoms with Gasteiger partial charge in [0.15, 0.2) is 0 Å². The van der Waals surface area contributed by atoms with E-state index in [1.807, 2.05) is 30.3 Å². The van der Waals surface area contributed by atoms with Gasteiger partial charge < -0.3 is 10.8 Å². The molecule has 0 aliphatic rings. The molecule has 2 unspecified atom stereocenters. The van der Waals surface area contributed by atoms with Gasteiger partial charge in [-0.05, 0) is 17.7 Å². The zero-order chi connectivity index (χ0) is 13.1. The van der Waals surface area contributed by atoms with Gasteiger partial charge in [-0.3, -0.25) is 0 Å². The lowest BCUT2D eigenvalue weighted by Crippen LogP contribution is -2.20. The molecular weight excluding hydrogens is 269 g/mol. The normalized spacial score (nSPS) is 14.2. The number of benzene rings is 2. The predicted octanol–water partition coefficient (Wildman–Crippen LogP) is 3.73. The van der Waals surface area contributed by atoms with Gasteiger partial charge in [-0.15, -0.1) is 0 Å². The Hall–Kier alpha value is -1.06. The summed E-state index contributed by atoms with van der Waals surface area (Å²) in [6.45, 7) is 0. The maximum atomic E-state index is 10.3. The van der Waals surface area contributed by atoms with Crippen molar-refractivity contribution < 1.29 is 5.11 Å². The Morgan fingerprint density at radius 3 is 2.00 bits per heavy atom. The minimum absolute atomic E-state index is 0.418. The summed E-state index contributed by atoms with van der Waals surface area (Å²) >= 11 is 12.1. The highest BCUT2D eigenvalue weighted by molar-refractivity contribution is 6.36. The maximum absolute atomic E-state index is 10.3. The van der Waals surface area contributed by atoms with E-state index in [2.05, 4.69) is 0 Å². The number of halogens is 2. The van der Waals surface area contributed by atoms with E-state index in [-0.39, 0.29) is 0 Å². The van der Waals surface area contributed by atoms with E-state index in [0.29, 0.717) is 15.6 Å². The molecule has 0 saturated heterocycles. The summed E-state index contributed by atoms with van der Waals surface area (Å²) in [6.07, 6.45) is -0.936. The fraction of sp³-hybridized carbons (Fsp3) is 0.143. The first-order valence-corrected chi connectivity index (χ1v) is 6.29. The van der Waals surface area contributed by atoms with Crippen molar-refractivity contribution in [2.24, 2.45) is 5.73 Å². The molecule has 0 aromatic heterocycles. The van der Waals surface area contributed by atoms with Crippen molar-refractivity contribution in [1.29, 1.82) is 0 Å². The lowest BCUT2D eigenvalue weighted by molar-refractivity contribution is 0.147. The van der Waals surface area contributed by atoms with Crippen LogP contribution in [0, 0.1) is 0 Å². The summed E-state index contributed by atoms with van der Waals surface area (Å²) in [5.41, 5.74) is 7.34. The van der Waals surface area contributed by atoms with Crippen LogP contribution in [0.2, 0.25) is 10.0 Å². The molecule has 0 bridgehead atoms. The first-order valence-electron chi connectivity index (χ1n) is 5.53. The fourth-order valence-electron chi connectivity index (χ4n) is 1.83. The predicted molar refractivity (Wildman–Crippen MR) is 74.8 cm³/mol. The summed E-state index contributed by atoms with van der Waals surface area (Å²) in [5.74, 6) is 0. The second-order valence-electron chi connectivity index (χ2n) is 4.02. The van der Waals surface area contributed by atoms with Gasteiger partial charge in [-0.25, -0.2) is 0 Å². The van der Waals surface area contributed by atoms with Crippen molar-refractivity contribution in [2.75, 3.05) is 0 Å². The van der Waals surface area contributed by atoms with Gasteiger partial charge >= 0.3 is 0 Å². The van der Waals surface area contributed by atoms with E-state index in [1.165, 1.54) is 0 Å². The summed E-state index contributed by atoms with van der Waals surface area (Å²) in [5, 5.41) is 11.1. The molecule has 2 aromatic rings. The molecule has 2 aromatic carbocycles. The molecule has 0 aliphatic carbocycles. The standard InChI is InChI=1S/C14H13Cl2NO/c15-10-7-4-8-11(16)12(10)14(18)13(17)9-5-2-1-3-6-9/h1-8,13-14,18H,17H2. The van der Waals surface area contributed by atoms with Crippen molar-refractivity contribution in [3.8, 4) is 0 Å². The van der Waals surface area contributed by atoms with Gasteiger partial charge in [0.05, 0.1) is 6.04 Å². The number of aliphatic hydroxyl groups excluding tert-OH is 1. The van der Waals surface area contributed by atoms with Gasteiger partial charge in [-0.2, -0.15) is 0 Å². The van der Waals surface area contributed by atoms with Crippen LogP contribution in [-0.2, 0) is 0 Å². The zero-order valence-electron chi connectivity index (χ0n) is 9.55. The van der Waals surface area contributed by atoms with Crippen LogP contribution in [0.1, 0.15) is 23.3 Å². The Morgan fingerprint density at radius 2 is 1.44 bits per heavy atom. The molecule has 0 saturated carbocycles. The van der Waals surface area contributed by atoms with Crippen LogP contribution in [0.5, 0.6) is 0 Å². The van der Waals surface area contributed by atoms with Gasteiger partial charge in [0.25, 0.3) is 0 Å². The van der Waals surface area contributed by atoms with Crippen LogP contribution in [0.15, 0.2) is 48.5 Å². The Balaban J connectivity index is 2.34. The van der Waals surface area contributed by atoms with E-state index >= 15 is 0 Å². The minimum atomic E-state index is -0.936. The molecule has 2 rings (SSSR count). The van der Waals surface area contributed by atoms with Gasteiger partial charge in [0.1, 0.15) is 6.10 Å². The first-order chi connectivity index (χ1) is 8.61. The van der Waals surface area contributed by atoms with E-state index in [4.69, 9.17) is 28.9 Å². The van der Waals surface area contributed by atoms with Crippen molar-refractivity contribution >= 4 is 23.2 Å². The summed E-state index contributed by atoms with van der Waals surface area (Å²) in [7, 11) is 0. The number of aliphatic hydroxyl groups is 1. The molecule has 94 valence electrons. The van der Waals surface area contributed by atoms with Crippen molar-refractivity contribution in [3.63, 3.8) is 0 Å². The average molecular weight is 282 g/mol. The summed E-state index contributed by atoms with van der Waals surface area (Å²) in [4.78, 5) is 0. The number of rotatable bonds is 3. The molecule has 4 heteroatoms. The van der Waals surface area contributed by atoms with E-state index in [0.717, 1.165) is 5.56 Å². The highest BCUT2D eigenvalue weighted by Crippen LogP contribution is 2.35. The minimum Gasteiger partial charge on any atom is -0.386 e. The number of hydrogen-bond acceptors (Lipinski definition) is 2. The third-order valence-electron chi connectivity index (χ3n) is 2.82. The largest absolute Gasteiger partial charge is 0.386 e. The number of nitrogens with two attached hydrogens (primary N) is 1. The molecule has 0 heterocycles. The van der Waals surface area contributed by atoms with E-state index in [1.54, 1.807) is 18.2 Å². The Morgan fingerprint density at radius 1 is 0.889 bits per heavy atom. The van der Waals surface area contributed by atoms with Crippen LogP contribution >= 0.6 is 23.2 Å². The average Bonchev–Trinajstić information content (AvgIpc) is 2.38. The fourth-order valence-corrected chi connectivity index (χ4v) is 2.45. The smallest absolute Gasteiger partial charge is 0.101 e. The third kappa shape index (κ3) is 2.68. The molecule has 0 spiro atoms. The Bertz CT molecular complexity index is 510. The van der Waals surface area contributed by atoms with Crippen LogP contribution in [0.4, 0.5) is 0 Å². The molecule has 3 N–H and O–H groups in total. The molecule has 0 fully saturated rings. The lowest BCUT2D eigenvalue weighted by atomic mass is 9.96. The molecule has 2 atom stereocenters. The maximum Gasteiger partial charge on any atom is 0.101 e. The van der Waals surface area contributed by atoms with Crippen molar-refractivity contribution in [1.82, 2.24) is 0 Å². The second-order valence-corrected chi connectivity index (χ2v) is 4.83. The number of hydrogen-bond donors (Lipinski definition) is 2. The van der Waals surface area contributed by atoms with E-state index in [9.17, 15) is 5.11 Å². The summed E-state index contributed by atoms with van der Waals surface area (Å²) in [6, 6.07) is 13.9. The van der Waals surface area contributed by atoms with Gasteiger partial charge in [0.2, 0.25) is 0 Å². The van der Waals surface area contributed by atoms with Crippen LogP contribution in [-0.4, -0.2) is 5.11 Å². The monoisotopic (exact) mass is 281 g/mol. The van der Waals surface area contributed by atoms with Crippen LogP contribution in [0.25, 0.3) is 0 Å². The van der Waals surface area contributed by atoms with Crippen LogP contribution in [0.3, 0.4) is 0 Å². The quantitative estimate of drug-likeness (QED) is 0.901. The molecule has 0 aliphatic heterocycles. The Labute approximate surface area is 116 Å². The Kier molecular flexibility index (Phi) is 4.25. The molecule has 2 nitrogen and oxygen atoms in total. The highest BCUT2D eigenvalue weighted by atomic mass is 35.5. The van der Waals surface area contributed by atoms with Gasteiger partial charge in [0, 0.05) is 15.6 Å². The van der Waals surface area contributed by atoms with Crippen molar-refractivity contribution in [2.45, 2.75) is 12.1 Å². The van der Waals surface area contributed by atoms with Gasteiger partial charge in [-0.1, -0.05) is 59.6 Å². The molecule has 0 radical (unpaired) electrons. The van der Waals surface area contributed by atoms with Crippen LogP contribution < -0.4 is 5.73 Å². The molecule has 0 amide bonds. The lowest BCUT2D eigenvalue weighted by Gasteiger charge is -2.21. The second kappa shape index (κ2) is 5.72.